The Kier molecular flexibility index (Phi) is 7.51. The van der Waals surface area contributed by atoms with Gasteiger partial charge in [-0.05, 0) is 40.1 Å². The van der Waals surface area contributed by atoms with Gasteiger partial charge in [-0.3, -0.25) is 4.90 Å². The maximum absolute atomic E-state index is 12.6. The molecule has 1 amide bonds. The summed E-state index contributed by atoms with van der Waals surface area (Å²) in [6.07, 6.45) is 1.71. The van der Waals surface area contributed by atoms with Crippen molar-refractivity contribution in [1.29, 1.82) is 0 Å². The number of hydrogen-bond donors (Lipinski definition) is 1. The first-order valence-corrected chi connectivity index (χ1v) is 11.4. The first-order valence-electron chi connectivity index (χ1n) is 11.4. The van der Waals surface area contributed by atoms with Crippen molar-refractivity contribution in [3.63, 3.8) is 0 Å². The summed E-state index contributed by atoms with van der Waals surface area (Å²) in [5.74, 6) is 0.947. The van der Waals surface area contributed by atoms with Crippen molar-refractivity contribution < 1.29 is 14.6 Å². The predicted octanol–water partition coefficient (Wildman–Crippen LogP) is 3.22. The Morgan fingerprint density at radius 2 is 1.88 bits per heavy atom. The average molecular weight is 451 g/mol. The van der Waals surface area contributed by atoms with Crippen molar-refractivity contribution in [3.05, 3.63) is 71.5 Å². The van der Waals surface area contributed by atoms with E-state index in [0.29, 0.717) is 26.2 Å². The Morgan fingerprint density at radius 3 is 2.61 bits per heavy atom. The number of rotatable bonds is 8. The van der Waals surface area contributed by atoms with Crippen molar-refractivity contribution in [1.82, 2.24) is 30.0 Å². The van der Waals surface area contributed by atoms with Gasteiger partial charge in [-0.15, -0.1) is 5.10 Å². The Hall–Kier alpha value is -3.46. The number of aryl methyl sites for hydroxylation is 1. The van der Waals surface area contributed by atoms with Gasteiger partial charge in [-0.2, -0.15) is 0 Å². The maximum Gasteiger partial charge on any atom is 0.410 e. The fraction of sp³-hybridized carbons (Fsp3) is 0.417. The summed E-state index contributed by atoms with van der Waals surface area (Å²) in [7, 11) is 0. The number of carbonyl (C=O) groups excluding carboxylic acids is 1. The molecule has 3 aromatic rings. The van der Waals surface area contributed by atoms with Crippen LogP contribution in [-0.2, 0) is 17.9 Å². The highest BCUT2D eigenvalue weighted by atomic mass is 16.6. The number of hydrogen-bond acceptors (Lipinski definition) is 7. The molecule has 1 fully saturated rings. The van der Waals surface area contributed by atoms with Gasteiger partial charge in [-0.1, -0.05) is 55.8 Å². The van der Waals surface area contributed by atoms with Crippen LogP contribution in [0.15, 0.2) is 54.6 Å². The summed E-state index contributed by atoms with van der Waals surface area (Å²) >= 11 is 0. The van der Waals surface area contributed by atoms with Gasteiger partial charge in [0.15, 0.2) is 5.82 Å². The minimum absolute atomic E-state index is 0.202. The van der Waals surface area contributed by atoms with E-state index in [9.17, 15) is 9.90 Å². The zero-order valence-electron chi connectivity index (χ0n) is 18.9. The third-order valence-corrected chi connectivity index (χ3v) is 5.86. The Bertz CT molecular complexity index is 1030. The summed E-state index contributed by atoms with van der Waals surface area (Å²) in [4.78, 5) is 16.6. The van der Waals surface area contributed by atoms with Crippen LogP contribution < -0.4 is 0 Å². The van der Waals surface area contributed by atoms with Gasteiger partial charge in [-0.25, -0.2) is 9.48 Å². The van der Waals surface area contributed by atoms with Gasteiger partial charge in [0.2, 0.25) is 0 Å². The molecule has 0 saturated carbocycles. The lowest BCUT2D eigenvalue weighted by Gasteiger charge is -2.38. The molecule has 2 aromatic carbocycles. The van der Waals surface area contributed by atoms with E-state index < -0.39 is 0 Å². The Balaban J connectivity index is 1.45. The zero-order valence-corrected chi connectivity index (χ0v) is 18.9. The minimum atomic E-state index is -0.305. The summed E-state index contributed by atoms with van der Waals surface area (Å²) in [6.45, 7) is 5.49. The number of unbranched alkanes of at least 4 members (excludes halogenated alkanes) is 1. The molecular weight excluding hydrogens is 420 g/mol. The largest absolute Gasteiger partial charge is 0.508 e. The lowest BCUT2D eigenvalue weighted by atomic mass is 10.0. The summed E-state index contributed by atoms with van der Waals surface area (Å²) in [6, 6.07) is 16.7. The van der Waals surface area contributed by atoms with E-state index >= 15 is 0 Å². The number of benzene rings is 2. The van der Waals surface area contributed by atoms with E-state index in [0.717, 1.165) is 36.3 Å². The number of phenolic OH excluding ortho intramolecular Hbond substituents is 1. The van der Waals surface area contributed by atoms with Crippen LogP contribution in [0.3, 0.4) is 0 Å². The number of amides is 1. The van der Waals surface area contributed by atoms with Gasteiger partial charge in [0, 0.05) is 32.7 Å². The molecule has 9 nitrogen and oxygen atoms in total. The van der Waals surface area contributed by atoms with Crippen LogP contribution in [0, 0.1) is 0 Å². The first kappa shape index (κ1) is 22.7. The molecule has 1 atom stereocenters. The molecule has 0 spiro atoms. The van der Waals surface area contributed by atoms with Crippen LogP contribution in [0.4, 0.5) is 4.79 Å². The predicted molar refractivity (Wildman–Crippen MR) is 122 cm³/mol. The number of piperazine rings is 1. The van der Waals surface area contributed by atoms with Crippen LogP contribution in [0.2, 0.25) is 0 Å². The van der Waals surface area contributed by atoms with Gasteiger partial charge < -0.3 is 14.7 Å². The zero-order chi connectivity index (χ0) is 23.0. The monoisotopic (exact) mass is 450 g/mol. The molecule has 0 bridgehead atoms. The topological polar surface area (TPSA) is 96.6 Å². The van der Waals surface area contributed by atoms with Crippen molar-refractivity contribution in [2.24, 2.45) is 0 Å². The van der Waals surface area contributed by atoms with Gasteiger partial charge in [0.1, 0.15) is 12.4 Å². The van der Waals surface area contributed by atoms with E-state index in [1.165, 1.54) is 0 Å². The Labute approximate surface area is 193 Å². The molecule has 4 rings (SSSR count). The van der Waals surface area contributed by atoms with Crippen molar-refractivity contribution >= 4 is 6.09 Å². The van der Waals surface area contributed by atoms with Crippen LogP contribution in [-0.4, -0.2) is 67.4 Å². The van der Waals surface area contributed by atoms with Crippen molar-refractivity contribution in [2.75, 3.05) is 26.2 Å². The second-order valence-electron chi connectivity index (χ2n) is 8.17. The molecule has 1 aliphatic rings. The molecule has 1 saturated heterocycles. The summed E-state index contributed by atoms with van der Waals surface area (Å²) < 4.78 is 7.34. The number of carbonyl (C=O) groups is 1. The molecular formula is C24H30N6O3. The molecule has 33 heavy (non-hydrogen) atoms. The number of ether oxygens (including phenoxy) is 1. The molecule has 9 heteroatoms. The molecule has 0 radical (unpaired) electrons. The SMILES string of the molecule is CCCCn1nnnc1C(c1cccc(O)c1)N1CCN(C(=O)OCc2ccccc2)CC1. The fourth-order valence-corrected chi connectivity index (χ4v) is 4.07. The van der Waals surface area contributed by atoms with Crippen LogP contribution >= 0.6 is 0 Å². The molecule has 1 unspecified atom stereocenters. The summed E-state index contributed by atoms with van der Waals surface area (Å²) in [5, 5.41) is 22.6. The Morgan fingerprint density at radius 1 is 1.09 bits per heavy atom. The van der Waals surface area contributed by atoms with Crippen molar-refractivity contribution in [3.8, 4) is 5.75 Å². The third kappa shape index (κ3) is 5.67. The molecule has 2 heterocycles. The van der Waals surface area contributed by atoms with Crippen LogP contribution in [0.1, 0.15) is 42.8 Å². The lowest BCUT2D eigenvalue weighted by Crippen LogP contribution is -2.50. The number of tetrazole rings is 1. The second kappa shape index (κ2) is 10.9. The number of phenols is 1. The highest BCUT2D eigenvalue weighted by molar-refractivity contribution is 5.67. The maximum atomic E-state index is 12.6. The number of nitrogens with zero attached hydrogens (tertiary/aromatic N) is 6. The van der Waals surface area contributed by atoms with Crippen LogP contribution in [0.5, 0.6) is 5.75 Å². The first-order chi connectivity index (χ1) is 16.2. The van der Waals surface area contributed by atoms with E-state index in [2.05, 4.69) is 27.3 Å². The smallest absolute Gasteiger partial charge is 0.410 e. The molecule has 1 aliphatic heterocycles. The third-order valence-electron chi connectivity index (χ3n) is 5.86. The van der Waals surface area contributed by atoms with Crippen molar-refractivity contribution in [2.45, 2.75) is 39.0 Å². The standard InChI is InChI=1S/C24H30N6O3/c1-2-3-12-30-23(25-26-27-30)22(20-10-7-11-21(31)17-20)28-13-15-29(16-14-28)24(32)33-18-19-8-5-4-6-9-19/h4-11,17,22,31H,2-3,12-16,18H2,1H3. The van der Waals surface area contributed by atoms with E-state index in [4.69, 9.17) is 4.74 Å². The van der Waals surface area contributed by atoms with Crippen LogP contribution in [0.25, 0.3) is 0 Å². The highest BCUT2D eigenvalue weighted by Crippen LogP contribution is 2.30. The molecule has 0 aliphatic carbocycles. The highest BCUT2D eigenvalue weighted by Gasteiger charge is 2.32. The van der Waals surface area contributed by atoms with Gasteiger partial charge in [0.25, 0.3) is 0 Å². The van der Waals surface area contributed by atoms with E-state index in [1.807, 2.05) is 47.1 Å². The van der Waals surface area contributed by atoms with Gasteiger partial charge in [0.05, 0.1) is 6.04 Å². The normalized spacial score (nSPS) is 15.4. The molecule has 174 valence electrons. The second-order valence-corrected chi connectivity index (χ2v) is 8.17. The van der Waals surface area contributed by atoms with Gasteiger partial charge >= 0.3 is 6.09 Å². The fourth-order valence-electron chi connectivity index (χ4n) is 4.07. The summed E-state index contributed by atoms with van der Waals surface area (Å²) in [5.41, 5.74) is 1.88. The lowest BCUT2D eigenvalue weighted by molar-refractivity contribution is 0.0629. The number of aromatic nitrogens is 4. The van der Waals surface area contributed by atoms with E-state index in [1.54, 1.807) is 17.0 Å². The molecule has 1 aromatic heterocycles. The molecule has 1 N–H and O–H groups in total. The number of aromatic hydroxyl groups is 1. The minimum Gasteiger partial charge on any atom is -0.508 e. The average Bonchev–Trinajstić information content (AvgIpc) is 3.30. The van der Waals surface area contributed by atoms with E-state index in [-0.39, 0.29) is 24.5 Å². The quantitative estimate of drug-likeness (QED) is 0.563.